The molecular formula is C12H17NS2. The molecule has 1 fully saturated rings. The fourth-order valence-electron chi connectivity index (χ4n) is 1.68. The van der Waals surface area contributed by atoms with E-state index in [-0.39, 0.29) is 0 Å². The number of thioether (sulfide) groups is 2. The Hall–Kier alpha value is -0.120. The molecule has 1 heterocycles. The van der Waals surface area contributed by atoms with Gasteiger partial charge in [0, 0.05) is 0 Å². The van der Waals surface area contributed by atoms with Crippen LogP contribution in [0, 0.1) is 0 Å². The fourth-order valence-corrected chi connectivity index (χ4v) is 4.66. The van der Waals surface area contributed by atoms with Crippen molar-refractivity contribution < 1.29 is 0 Å². The standard InChI is InChI=1S/C12H17NS2/c1-3-13(4-2)12-14-11(15-12)10-8-6-5-7-9-10/h5-9,11-12H,3-4H2,1-2H3. The number of hydrogen-bond acceptors (Lipinski definition) is 3. The first kappa shape index (κ1) is 11.4. The third-order valence-corrected chi connectivity index (χ3v) is 6.10. The van der Waals surface area contributed by atoms with Crippen LogP contribution in [-0.2, 0) is 0 Å². The van der Waals surface area contributed by atoms with Gasteiger partial charge in [0.15, 0.2) is 0 Å². The zero-order valence-corrected chi connectivity index (χ0v) is 10.9. The Balaban J connectivity index is 1.88. The van der Waals surface area contributed by atoms with Gasteiger partial charge in [-0.3, -0.25) is 4.90 Å². The third kappa shape index (κ3) is 2.52. The van der Waals surface area contributed by atoms with E-state index in [1.54, 1.807) is 0 Å². The molecule has 0 radical (unpaired) electrons. The molecule has 1 aliphatic rings. The Morgan fingerprint density at radius 3 is 2.20 bits per heavy atom. The maximum absolute atomic E-state index is 2.51. The number of hydrogen-bond donors (Lipinski definition) is 0. The van der Waals surface area contributed by atoms with E-state index in [0.29, 0.717) is 9.29 Å². The van der Waals surface area contributed by atoms with Crippen LogP contribution in [0.2, 0.25) is 0 Å². The predicted octanol–water partition coefficient (Wildman–Crippen LogP) is 3.79. The summed E-state index contributed by atoms with van der Waals surface area (Å²) in [5.41, 5.74) is 1.45. The molecule has 0 N–H and O–H groups in total. The van der Waals surface area contributed by atoms with Crippen LogP contribution in [0.3, 0.4) is 0 Å². The number of nitrogens with zero attached hydrogens (tertiary/aromatic N) is 1. The van der Waals surface area contributed by atoms with Gasteiger partial charge < -0.3 is 0 Å². The van der Waals surface area contributed by atoms with Crippen molar-refractivity contribution in [2.45, 2.75) is 23.1 Å². The first-order chi connectivity index (χ1) is 7.35. The molecule has 0 atom stereocenters. The molecule has 0 aliphatic carbocycles. The average Bonchev–Trinajstić information content (AvgIpc) is 2.24. The van der Waals surface area contributed by atoms with Crippen molar-refractivity contribution in [3.05, 3.63) is 35.9 Å². The van der Waals surface area contributed by atoms with Gasteiger partial charge in [0.05, 0.1) is 4.58 Å². The highest BCUT2D eigenvalue weighted by Crippen LogP contribution is 2.58. The minimum absolute atomic E-state index is 0.650. The van der Waals surface area contributed by atoms with E-state index in [9.17, 15) is 0 Å². The van der Waals surface area contributed by atoms with E-state index in [4.69, 9.17) is 0 Å². The molecule has 0 bridgehead atoms. The summed E-state index contributed by atoms with van der Waals surface area (Å²) >= 11 is 4.15. The summed E-state index contributed by atoms with van der Waals surface area (Å²) in [6.07, 6.45) is 0. The zero-order chi connectivity index (χ0) is 10.7. The summed E-state index contributed by atoms with van der Waals surface area (Å²) in [7, 11) is 0. The Bertz CT molecular complexity index is 292. The highest BCUT2D eigenvalue weighted by Gasteiger charge is 2.34. The lowest BCUT2D eigenvalue weighted by molar-refractivity contribution is 0.336. The van der Waals surface area contributed by atoms with E-state index < -0.39 is 0 Å². The molecule has 2 rings (SSSR count). The molecule has 0 aromatic heterocycles. The van der Waals surface area contributed by atoms with E-state index in [2.05, 4.69) is 72.6 Å². The van der Waals surface area contributed by atoms with Crippen molar-refractivity contribution in [1.29, 1.82) is 0 Å². The van der Waals surface area contributed by atoms with Crippen LogP contribution in [0.15, 0.2) is 30.3 Å². The largest absolute Gasteiger partial charge is 0.284 e. The van der Waals surface area contributed by atoms with Gasteiger partial charge in [-0.25, -0.2) is 0 Å². The first-order valence-electron chi connectivity index (χ1n) is 5.45. The molecule has 0 amide bonds. The van der Waals surface area contributed by atoms with E-state index in [1.807, 2.05) is 0 Å². The van der Waals surface area contributed by atoms with Crippen LogP contribution < -0.4 is 0 Å². The van der Waals surface area contributed by atoms with Crippen LogP contribution in [0.1, 0.15) is 24.0 Å². The number of benzene rings is 1. The normalized spacial score (nSPS) is 25.3. The summed E-state index contributed by atoms with van der Waals surface area (Å²) in [4.78, 5) is 2.51. The lowest BCUT2D eigenvalue weighted by Crippen LogP contribution is -2.35. The monoisotopic (exact) mass is 239 g/mol. The Labute approximate surface area is 101 Å². The van der Waals surface area contributed by atoms with Gasteiger partial charge in [-0.15, -0.1) is 23.5 Å². The van der Waals surface area contributed by atoms with Crippen molar-refractivity contribution in [3.8, 4) is 0 Å². The van der Waals surface area contributed by atoms with E-state index in [1.165, 1.54) is 5.56 Å². The summed E-state index contributed by atoms with van der Waals surface area (Å²) < 4.78 is 1.32. The minimum Gasteiger partial charge on any atom is -0.284 e. The van der Waals surface area contributed by atoms with Crippen molar-refractivity contribution >= 4 is 23.5 Å². The molecular weight excluding hydrogens is 222 g/mol. The number of rotatable bonds is 4. The summed E-state index contributed by atoms with van der Waals surface area (Å²) in [5, 5.41) is 0. The lowest BCUT2D eigenvalue weighted by Gasteiger charge is -2.40. The SMILES string of the molecule is CCN(CC)C1SC(c2ccccc2)S1. The van der Waals surface area contributed by atoms with Crippen molar-refractivity contribution in [2.75, 3.05) is 13.1 Å². The smallest absolute Gasteiger partial charge is 0.105 e. The summed E-state index contributed by atoms with van der Waals surface area (Å²) in [6, 6.07) is 10.8. The molecule has 1 aliphatic heterocycles. The van der Waals surface area contributed by atoms with Gasteiger partial charge in [0.25, 0.3) is 0 Å². The molecule has 1 saturated heterocycles. The Morgan fingerprint density at radius 2 is 1.67 bits per heavy atom. The third-order valence-electron chi connectivity index (χ3n) is 2.66. The predicted molar refractivity (Wildman–Crippen MR) is 71.1 cm³/mol. The van der Waals surface area contributed by atoms with Gasteiger partial charge in [0.2, 0.25) is 0 Å². The van der Waals surface area contributed by atoms with Crippen molar-refractivity contribution in [1.82, 2.24) is 4.90 Å². The second kappa shape index (κ2) is 5.28. The first-order valence-corrected chi connectivity index (χ1v) is 7.33. The van der Waals surface area contributed by atoms with Gasteiger partial charge in [-0.1, -0.05) is 44.2 Å². The van der Waals surface area contributed by atoms with Crippen molar-refractivity contribution in [2.24, 2.45) is 0 Å². The minimum atomic E-state index is 0.650. The molecule has 3 heteroatoms. The average molecular weight is 239 g/mol. The van der Waals surface area contributed by atoms with Gasteiger partial charge in [0.1, 0.15) is 4.71 Å². The maximum Gasteiger partial charge on any atom is 0.105 e. The zero-order valence-electron chi connectivity index (χ0n) is 9.22. The highest BCUT2D eigenvalue weighted by molar-refractivity contribution is 8.32. The summed E-state index contributed by atoms with van der Waals surface area (Å²) in [6.45, 7) is 6.78. The second-order valence-corrected chi connectivity index (χ2v) is 6.52. The van der Waals surface area contributed by atoms with Crippen LogP contribution in [0.5, 0.6) is 0 Å². The molecule has 1 aromatic rings. The molecule has 0 saturated carbocycles. The van der Waals surface area contributed by atoms with Crippen LogP contribution in [0.4, 0.5) is 0 Å². The van der Waals surface area contributed by atoms with Crippen molar-refractivity contribution in [3.63, 3.8) is 0 Å². The lowest BCUT2D eigenvalue weighted by atomic mass is 10.2. The fraction of sp³-hybridized carbons (Fsp3) is 0.500. The van der Waals surface area contributed by atoms with Gasteiger partial charge >= 0.3 is 0 Å². The molecule has 0 spiro atoms. The van der Waals surface area contributed by atoms with Crippen LogP contribution >= 0.6 is 23.5 Å². The molecule has 1 nitrogen and oxygen atoms in total. The topological polar surface area (TPSA) is 3.24 Å². The van der Waals surface area contributed by atoms with E-state index in [0.717, 1.165) is 13.1 Å². The van der Waals surface area contributed by atoms with Gasteiger partial charge in [-0.05, 0) is 18.7 Å². The Kier molecular flexibility index (Phi) is 4.00. The van der Waals surface area contributed by atoms with E-state index >= 15 is 0 Å². The molecule has 15 heavy (non-hydrogen) atoms. The molecule has 0 unspecified atom stereocenters. The quantitative estimate of drug-likeness (QED) is 0.787. The van der Waals surface area contributed by atoms with Crippen LogP contribution in [-0.4, -0.2) is 22.7 Å². The molecule has 1 aromatic carbocycles. The van der Waals surface area contributed by atoms with Gasteiger partial charge in [-0.2, -0.15) is 0 Å². The summed E-state index contributed by atoms with van der Waals surface area (Å²) in [5.74, 6) is 0. The maximum atomic E-state index is 2.51. The highest BCUT2D eigenvalue weighted by atomic mass is 32.3. The molecule has 82 valence electrons. The van der Waals surface area contributed by atoms with Crippen LogP contribution in [0.25, 0.3) is 0 Å². The second-order valence-electron chi connectivity index (χ2n) is 3.54. The Morgan fingerprint density at radius 1 is 1.07 bits per heavy atom.